The highest BCUT2D eigenvalue weighted by molar-refractivity contribution is 9.10. The van der Waals surface area contributed by atoms with Gasteiger partial charge in [-0.2, -0.15) is 5.26 Å². The van der Waals surface area contributed by atoms with Crippen molar-refractivity contribution in [1.29, 1.82) is 5.26 Å². The SMILES string of the molecule is CCC(Nc1ccc(C#N)cc1)(C(=O)O)c1cc(Br)cc(OC)c1OCCO. The van der Waals surface area contributed by atoms with Crippen LogP contribution in [0, 0.1) is 11.3 Å². The third kappa shape index (κ3) is 4.38. The Balaban J connectivity index is 2.65. The molecule has 0 heterocycles. The molecule has 1 atom stereocenters. The van der Waals surface area contributed by atoms with Gasteiger partial charge in [-0.25, -0.2) is 4.79 Å². The molecule has 3 N–H and O–H groups in total. The maximum absolute atomic E-state index is 12.4. The molecule has 0 spiro atoms. The Morgan fingerprint density at radius 2 is 2.00 bits per heavy atom. The number of nitrogens with one attached hydrogen (secondary N) is 1. The number of benzene rings is 2. The van der Waals surface area contributed by atoms with Crippen LogP contribution in [-0.4, -0.2) is 36.5 Å². The molecule has 148 valence electrons. The van der Waals surface area contributed by atoms with Crippen LogP contribution in [-0.2, 0) is 10.3 Å². The molecule has 2 rings (SSSR count). The molecular formula is C20H21BrN2O5. The minimum atomic E-state index is -1.53. The van der Waals surface area contributed by atoms with E-state index in [1.165, 1.54) is 7.11 Å². The topological polar surface area (TPSA) is 112 Å². The molecule has 0 aliphatic heterocycles. The van der Waals surface area contributed by atoms with Crippen molar-refractivity contribution in [1.82, 2.24) is 0 Å². The van der Waals surface area contributed by atoms with Gasteiger partial charge in [-0.05, 0) is 42.8 Å². The van der Waals surface area contributed by atoms with Gasteiger partial charge < -0.3 is 25.0 Å². The van der Waals surface area contributed by atoms with Gasteiger partial charge in [-0.3, -0.25) is 0 Å². The average molecular weight is 449 g/mol. The number of anilines is 1. The summed E-state index contributed by atoms with van der Waals surface area (Å²) in [5, 5.41) is 31.4. The van der Waals surface area contributed by atoms with Crippen LogP contribution < -0.4 is 14.8 Å². The highest BCUT2D eigenvalue weighted by Gasteiger charge is 2.42. The first kappa shape index (κ1) is 21.5. The zero-order chi connectivity index (χ0) is 20.7. The summed E-state index contributed by atoms with van der Waals surface area (Å²) in [4.78, 5) is 12.4. The van der Waals surface area contributed by atoms with Crippen molar-refractivity contribution in [2.24, 2.45) is 0 Å². The van der Waals surface area contributed by atoms with Crippen LogP contribution >= 0.6 is 15.9 Å². The molecule has 0 aromatic heterocycles. The van der Waals surface area contributed by atoms with Gasteiger partial charge in [0, 0.05) is 15.7 Å². The zero-order valence-corrected chi connectivity index (χ0v) is 17.1. The number of carboxylic acid groups (broad SMARTS) is 1. The standard InChI is InChI=1S/C20H21BrN2O5/c1-3-20(19(25)26,23-15-6-4-13(12-22)5-7-15)16-10-14(21)11-17(27-2)18(16)28-9-8-24/h4-7,10-11,23-24H,3,8-9H2,1-2H3,(H,25,26). The number of rotatable bonds is 9. The van der Waals surface area contributed by atoms with Gasteiger partial charge in [-0.15, -0.1) is 0 Å². The first-order chi connectivity index (χ1) is 13.4. The molecule has 1 unspecified atom stereocenters. The molecule has 0 bridgehead atoms. The van der Waals surface area contributed by atoms with Gasteiger partial charge in [0.25, 0.3) is 0 Å². The first-order valence-corrected chi connectivity index (χ1v) is 9.34. The molecular weight excluding hydrogens is 428 g/mol. The van der Waals surface area contributed by atoms with Crippen LogP contribution in [0.2, 0.25) is 0 Å². The predicted molar refractivity (Wildman–Crippen MR) is 108 cm³/mol. The van der Waals surface area contributed by atoms with Gasteiger partial charge in [0.15, 0.2) is 17.0 Å². The Morgan fingerprint density at radius 1 is 1.32 bits per heavy atom. The number of hydrogen-bond donors (Lipinski definition) is 3. The van der Waals surface area contributed by atoms with Gasteiger partial charge >= 0.3 is 5.97 Å². The van der Waals surface area contributed by atoms with E-state index in [9.17, 15) is 9.90 Å². The lowest BCUT2D eigenvalue weighted by atomic mass is 9.85. The summed E-state index contributed by atoms with van der Waals surface area (Å²) in [5.41, 5.74) is -0.170. The second-order valence-corrected chi connectivity index (χ2v) is 6.85. The lowest BCUT2D eigenvalue weighted by Crippen LogP contribution is -2.43. The van der Waals surface area contributed by atoms with E-state index < -0.39 is 11.5 Å². The van der Waals surface area contributed by atoms with Crippen molar-refractivity contribution in [2.45, 2.75) is 18.9 Å². The number of aliphatic hydroxyl groups is 1. The quantitative estimate of drug-likeness (QED) is 0.537. The molecule has 0 saturated heterocycles. The molecule has 8 heteroatoms. The Hall–Kier alpha value is -2.76. The zero-order valence-electron chi connectivity index (χ0n) is 15.5. The second kappa shape index (κ2) is 9.44. The largest absolute Gasteiger partial charge is 0.493 e. The summed E-state index contributed by atoms with van der Waals surface area (Å²) >= 11 is 3.39. The molecule has 2 aromatic rings. The Bertz CT molecular complexity index is 879. The summed E-state index contributed by atoms with van der Waals surface area (Å²) < 4.78 is 11.6. The molecule has 0 radical (unpaired) electrons. The van der Waals surface area contributed by atoms with Crippen molar-refractivity contribution in [3.63, 3.8) is 0 Å². The van der Waals surface area contributed by atoms with Crippen LogP contribution in [0.25, 0.3) is 0 Å². The molecule has 7 nitrogen and oxygen atoms in total. The highest BCUT2D eigenvalue weighted by atomic mass is 79.9. The molecule has 0 aliphatic rings. The number of methoxy groups -OCH3 is 1. The number of aliphatic hydroxyl groups excluding tert-OH is 1. The first-order valence-electron chi connectivity index (χ1n) is 8.55. The van der Waals surface area contributed by atoms with E-state index >= 15 is 0 Å². The summed E-state index contributed by atoms with van der Waals surface area (Å²) in [5.74, 6) is -0.517. The Kier molecular flexibility index (Phi) is 7.26. The fourth-order valence-corrected chi connectivity index (χ4v) is 3.31. The highest BCUT2D eigenvalue weighted by Crippen LogP contribution is 2.43. The third-order valence-electron chi connectivity index (χ3n) is 4.30. The Morgan fingerprint density at radius 3 is 2.50 bits per heavy atom. The van der Waals surface area contributed by atoms with E-state index in [0.29, 0.717) is 27.0 Å². The normalized spacial score (nSPS) is 12.5. The molecule has 0 saturated carbocycles. The number of halogens is 1. The lowest BCUT2D eigenvalue weighted by Gasteiger charge is -2.33. The van der Waals surface area contributed by atoms with Crippen molar-refractivity contribution in [3.05, 3.63) is 52.0 Å². The van der Waals surface area contributed by atoms with E-state index in [2.05, 4.69) is 21.2 Å². The van der Waals surface area contributed by atoms with Crippen molar-refractivity contribution < 1.29 is 24.5 Å². The molecule has 0 amide bonds. The fourth-order valence-electron chi connectivity index (χ4n) is 2.87. The predicted octanol–water partition coefficient (Wildman–Crippen LogP) is 3.50. The fraction of sp³-hybridized carbons (Fsp3) is 0.300. The maximum Gasteiger partial charge on any atom is 0.334 e. The van der Waals surface area contributed by atoms with E-state index in [4.69, 9.17) is 19.8 Å². The van der Waals surface area contributed by atoms with Gasteiger partial charge in [-0.1, -0.05) is 22.9 Å². The minimum Gasteiger partial charge on any atom is -0.493 e. The molecule has 0 fully saturated rings. The van der Waals surface area contributed by atoms with Gasteiger partial charge in [0.2, 0.25) is 0 Å². The molecule has 28 heavy (non-hydrogen) atoms. The summed E-state index contributed by atoms with van der Waals surface area (Å²) in [6.45, 7) is 1.50. The monoisotopic (exact) mass is 448 g/mol. The smallest absolute Gasteiger partial charge is 0.334 e. The maximum atomic E-state index is 12.4. The summed E-state index contributed by atoms with van der Waals surface area (Å²) in [6.07, 6.45) is 0.192. The van der Waals surface area contributed by atoms with Crippen LogP contribution in [0.1, 0.15) is 24.5 Å². The Labute approximate surface area is 171 Å². The number of ether oxygens (including phenoxy) is 2. The van der Waals surface area contributed by atoms with E-state index in [1.807, 2.05) is 6.07 Å². The molecule has 0 aliphatic carbocycles. The average Bonchev–Trinajstić information content (AvgIpc) is 2.70. The number of nitriles is 1. The van der Waals surface area contributed by atoms with Crippen LogP contribution in [0.3, 0.4) is 0 Å². The van der Waals surface area contributed by atoms with E-state index in [0.717, 1.165) is 0 Å². The van der Waals surface area contributed by atoms with Crippen molar-refractivity contribution in [2.75, 3.05) is 25.6 Å². The van der Waals surface area contributed by atoms with Crippen LogP contribution in [0.5, 0.6) is 11.5 Å². The number of hydrogen-bond acceptors (Lipinski definition) is 6. The lowest BCUT2D eigenvalue weighted by molar-refractivity contribution is -0.142. The second-order valence-electron chi connectivity index (χ2n) is 5.93. The third-order valence-corrected chi connectivity index (χ3v) is 4.76. The summed E-state index contributed by atoms with van der Waals surface area (Å²) in [6, 6.07) is 11.9. The van der Waals surface area contributed by atoms with Gasteiger partial charge in [0.05, 0.1) is 25.3 Å². The van der Waals surface area contributed by atoms with Crippen LogP contribution in [0.15, 0.2) is 40.9 Å². The van der Waals surface area contributed by atoms with E-state index in [1.54, 1.807) is 43.3 Å². The van der Waals surface area contributed by atoms with Crippen molar-refractivity contribution >= 4 is 27.6 Å². The number of aliphatic carboxylic acids is 1. The number of carboxylic acids is 1. The summed E-state index contributed by atoms with van der Waals surface area (Å²) in [7, 11) is 1.46. The molecule has 2 aromatic carbocycles. The van der Waals surface area contributed by atoms with Gasteiger partial charge in [0.1, 0.15) is 6.61 Å². The van der Waals surface area contributed by atoms with Crippen molar-refractivity contribution in [3.8, 4) is 17.6 Å². The van der Waals surface area contributed by atoms with Crippen LogP contribution in [0.4, 0.5) is 5.69 Å². The van der Waals surface area contributed by atoms with E-state index in [-0.39, 0.29) is 25.4 Å². The number of nitrogens with zero attached hydrogens (tertiary/aromatic N) is 1. The minimum absolute atomic E-state index is 0.0126. The number of carbonyl (C=O) groups is 1.